The van der Waals surface area contributed by atoms with Crippen LogP contribution in [0.4, 0.5) is 10.5 Å². The molecule has 1 aliphatic heterocycles. The van der Waals surface area contributed by atoms with Gasteiger partial charge >= 0.3 is 12.1 Å². The standard InChI is InChI=1S/C16H21N3O5/c1-16(2,3)24-15(23)19-8-7-18(9-13(19)14(21)22)12-5-4-6-17-11(12)10-20/h4-6,10,13H,7-9H2,1-3H3,(H,21,22). The first-order valence-electron chi connectivity index (χ1n) is 7.60. The van der Waals surface area contributed by atoms with Crippen LogP contribution >= 0.6 is 0 Å². The number of rotatable bonds is 3. The summed E-state index contributed by atoms with van der Waals surface area (Å²) < 4.78 is 5.28. The number of nitrogens with zero attached hydrogens (tertiary/aromatic N) is 3. The van der Waals surface area contributed by atoms with E-state index in [0.29, 0.717) is 18.5 Å². The average molecular weight is 335 g/mol. The van der Waals surface area contributed by atoms with Crippen LogP contribution in [0.15, 0.2) is 18.3 Å². The lowest BCUT2D eigenvalue weighted by molar-refractivity contribution is -0.143. The number of carbonyl (C=O) groups is 3. The van der Waals surface area contributed by atoms with Gasteiger partial charge in [-0.25, -0.2) is 9.59 Å². The monoisotopic (exact) mass is 335 g/mol. The van der Waals surface area contributed by atoms with Crippen LogP contribution in [0, 0.1) is 0 Å². The number of anilines is 1. The highest BCUT2D eigenvalue weighted by atomic mass is 16.6. The first-order valence-corrected chi connectivity index (χ1v) is 7.60. The molecule has 0 aliphatic carbocycles. The molecule has 24 heavy (non-hydrogen) atoms. The molecule has 1 aromatic heterocycles. The third-order valence-electron chi connectivity index (χ3n) is 3.56. The van der Waals surface area contributed by atoms with E-state index in [1.807, 2.05) is 0 Å². The van der Waals surface area contributed by atoms with Gasteiger partial charge < -0.3 is 14.7 Å². The number of hydrogen-bond acceptors (Lipinski definition) is 6. The molecule has 1 saturated heterocycles. The maximum Gasteiger partial charge on any atom is 0.411 e. The van der Waals surface area contributed by atoms with Gasteiger partial charge in [-0.15, -0.1) is 0 Å². The quantitative estimate of drug-likeness (QED) is 0.833. The predicted molar refractivity (Wildman–Crippen MR) is 86.2 cm³/mol. The van der Waals surface area contributed by atoms with Gasteiger partial charge in [-0.05, 0) is 32.9 Å². The van der Waals surface area contributed by atoms with Gasteiger partial charge in [0.15, 0.2) is 6.29 Å². The summed E-state index contributed by atoms with van der Waals surface area (Å²) in [6.45, 7) is 5.80. The fraction of sp³-hybridized carbons (Fsp3) is 0.500. The Bertz CT molecular complexity index is 641. The Hall–Kier alpha value is -2.64. The van der Waals surface area contributed by atoms with Crippen LogP contribution in [0.25, 0.3) is 0 Å². The van der Waals surface area contributed by atoms with Crippen molar-refractivity contribution in [2.45, 2.75) is 32.4 Å². The molecule has 1 aliphatic rings. The second-order valence-electron chi connectivity index (χ2n) is 6.50. The smallest absolute Gasteiger partial charge is 0.411 e. The van der Waals surface area contributed by atoms with Crippen LogP contribution in [0.5, 0.6) is 0 Å². The lowest BCUT2D eigenvalue weighted by Crippen LogP contribution is -2.59. The van der Waals surface area contributed by atoms with Gasteiger partial charge in [0.05, 0.1) is 5.69 Å². The third-order valence-corrected chi connectivity index (χ3v) is 3.56. The summed E-state index contributed by atoms with van der Waals surface area (Å²) in [7, 11) is 0. The Kier molecular flexibility index (Phi) is 5.06. The Morgan fingerprint density at radius 1 is 1.38 bits per heavy atom. The molecular formula is C16H21N3O5. The minimum absolute atomic E-state index is 0.0567. The Balaban J connectivity index is 2.20. The van der Waals surface area contributed by atoms with Gasteiger partial charge in [-0.2, -0.15) is 0 Å². The molecule has 1 amide bonds. The maximum atomic E-state index is 12.2. The van der Waals surface area contributed by atoms with Crippen LogP contribution in [0.2, 0.25) is 0 Å². The number of carboxylic acids is 1. The van der Waals surface area contributed by atoms with Gasteiger partial charge in [-0.3, -0.25) is 14.7 Å². The van der Waals surface area contributed by atoms with Crippen molar-refractivity contribution in [3.8, 4) is 0 Å². The third kappa shape index (κ3) is 4.01. The molecule has 1 N–H and O–H groups in total. The molecule has 0 spiro atoms. The molecule has 1 fully saturated rings. The first kappa shape index (κ1) is 17.7. The zero-order chi connectivity index (χ0) is 17.9. The van der Waals surface area contributed by atoms with Crippen LogP contribution in [-0.2, 0) is 9.53 Å². The summed E-state index contributed by atoms with van der Waals surface area (Å²) in [5.41, 5.74) is 0.0978. The van der Waals surface area contributed by atoms with Crippen molar-refractivity contribution in [3.05, 3.63) is 24.0 Å². The Morgan fingerprint density at radius 2 is 2.08 bits per heavy atom. The van der Waals surface area contributed by atoms with E-state index in [1.165, 1.54) is 11.1 Å². The molecule has 0 aromatic carbocycles. The minimum atomic E-state index is -1.12. The second kappa shape index (κ2) is 6.86. The number of ether oxygens (including phenoxy) is 1. The van der Waals surface area contributed by atoms with Crippen LogP contribution in [-0.4, -0.2) is 64.6 Å². The van der Waals surface area contributed by atoms with Crippen molar-refractivity contribution in [3.63, 3.8) is 0 Å². The number of aldehydes is 1. The van der Waals surface area contributed by atoms with Crippen molar-refractivity contribution >= 4 is 24.0 Å². The first-order chi connectivity index (χ1) is 11.2. The number of aromatic nitrogens is 1. The summed E-state index contributed by atoms with van der Waals surface area (Å²) in [6.07, 6.45) is 1.47. The molecule has 2 heterocycles. The van der Waals surface area contributed by atoms with E-state index in [-0.39, 0.29) is 18.8 Å². The van der Waals surface area contributed by atoms with Crippen LogP contribution in [0.1, 0.15) is 31.3 Å². The molecule has 0 saturated carbocycles. The summed E-state index contributed by atoms with van der Waals surface area (Å²) >= 11 is 0. The summed E-state index contributed by atoms with van der Waals surface area (Å²) in [5.74, 6) is -1.12. The summed E-state index contributed by atoms with van der Waals surface area (Å²) in [4.78, 5) is 41.9. The van der Waals surface area contributed by atoms with Gasteiger partial charge in [0, 0.05) is 25.8 Å². The maximum absolute atomic E-state index is 12.2. The lowest BCUT2D eigenvalue weighted by Gasteiger charge is -2.40. The van der Waals surface area contributed by atoms with Crippen LogP contribution in [0.3, 0.4) is 0 Å². The number of aliphatic carboxylic acids is 1. The highest BCUT2D eigenvalue weighted by molar-refractivity contribution is 5.84. The summed E-state index contributed by atoms with van der Waals surface area (Å²) in [5, 5.41) is 9.49. The van der Waals surface area contributed by atoms with Gasteiger partial charge in [0.25, 0.3) is 0 Å². The van der Waals surface area contributed by atoms with E-state index in [1.54, 1.807) is 37.8 Å². The number of piperazine rings is 1. The van der Waals surface area contributed by atoms with Crippen LogP contribution < -0.4 is 4.90 Å². The van der Waals surface area contributed by atoms with Gasteiger partial charge in [0.1, 0.15) is 17.3 Å². The van der Waals surface area contributed by atoms with Crippen molar-refractivity contribution in [2.75, 3.05) is 24.5 Å². The van der Waals surface area contributed by atoms with Crippen molar-refractivity contribution in [1.82, 2.24) is 9.88 Å². The lowest BCUT2D eigenvalue weighted by atomic mass is 10.1. The molecular weight excluding hydrogens is 314 g/mol. The van der Waals surface area contributed by atoms with E-state index in [4.69, 9.17) is 4.74 Å². The number of pyridine rings is 1. The van der Waals surface area contributed by atoms with Crippen molar-refractivity contribution in [1.29, 1.82) is 0 Å². The van der Waals surface area contributed by atoms with Gasteiger partial charge in [-0.1, -0.05) is 0 Å². The molecule has 1 atom stereocenters. The fourth-order valence-electron chi connectivity index (χ4n) is 2.52. The molecule has 8 heteroatoms. The minimum Gasteiger partial charge on any atom is -0.480 e. The predicted octanol–water partition coefficient (Wildman–Crippen LogP) is 1.40. The molecule has 0 radical (unpaired) electrons. The number of carbonyl (C=O) groups excluding carboxylic acids is 2. The van der Waals surface area contributed by atoms with E-state index >= 15 is 0 Å². The molecule has 2 rings (SSSR count). The zero-order valence-electron chi connectivity index (χ0n) is 13.9. The van der Waals surface area contributed by atoms with E-state index in [9.17, 15) is 19.5 Å². The highest BCUT2D eigenvalue weighted by Gasteiger charge is 2.38. The molecule has 130 valence electrons. The topological polar surface area (TPSA) is 100 Å². The Labute approximate surface area is 140 Å². The second-order valence-corrected chi connectivity index (χ2v) is 6.50. The summed E-state index contributed by atoms with van der Waals surface area (Å²) in [6, 6.07) is 2.32. The molecule has 0 bridgehead atoms. The number of carboxylic acid groups (broad SMARTS) is 1. The van der Waals surface area contributed by atoms with Crippen molar-refractivity contribution < 1.29 is 24.2 Å². The molecule has 1 unspecified atom stereocenters. The normalized spacial score (nSPS) is 18.2. The largest absolute Gasteiger partial charge is 0.480 e. The highest BCUT2D eigenvalue weighted by Crippen LogP contribution is 2.23. The SMILES string of the molecule is CC(C)(C)OC(=O)N1CCN(c2cccnc2C=O)CC1C(=O)O. The Morgan fingerprint density at radius 3 is 2.67 bits per heavy atom. The van der Waals surface area contributed by atoms with E-state index in [0.717, 1.165) is 0 Å². The number of hydrogen-bond donors (Lipinski definition) is 1. The number of amides is 1. The molecule has 1 aromatic rings. The van der Waals surface area contributed by atoms with E-state index < -0.39 is 23.7 Å². The van der Waals surface area contributed by atoms with E-state index in [2.05, 4.69) is 4.98 Å². The van der Waals surface area contributed by atoms with Gasteiger partial charge in [0.2, 0.25) is 0 Å². The molecule has 8 nitrogen and oxygen atoms in total. The van der Waals surface area contributed by atoms with Crippen molar-refractivity contribution in [2.24, 2.45) is 0 Å². The fourth-order valence-corrected chi connectivity index (χ4v) is 2.52. The average Bonchev–Trinajstić information content (AvgIpc) is 2.52. The zero-order valence-corrected chi connectivity index (χ0v) is 13.9.